The van der Waals surface area contributed by atoms with Crippen molar-refractivity contribution in [2.24, 2.45) is 5.92 Å². The highest BCUT2D eigenvalue weighted by Gasteiger charge is 2.38. The third-order valence-corrected chi connectivity index (χ3v) is 8.49. The molecule has 0 bridgehead atoms. The van der Waals surface area contributed by atoms with Crippen LogP contribution in [-0.2, 0) is 16.0 Å². The zero-order valence-corrected chi connectivity index (χ0v) is 20.8. The van der Waals surface area contributed by atoms with Gasteiger partial charge in [-0.25, -0.2) is 12.8 Å². The highest BCUT2D eigenvalue weighted by Crippen LogP contribution is 2.36. The third kappa shape index (κ3) is 5.61. The number of carbonyl (C=O) groups is 1. The standard InChI is InChI=1S/C25H28F4N2O4S/c1-16(2)15-35-23-8-6-19(36(33,34)18-4-5-18)14-20(23)24(32)31-11-9-30(10-12-31)22-7-3-17(13-21(22)26)25(27,28)29/h3,6-8,13-14,16,18H,4-5,9-12,15H2,1-2H3. The number of carbonyl (C=O) groups excluding carboxylic acids is 1. The first-order valence-electron chi connectivity index (χ1n) is 11.8. The molecule has 4 rings (SSSR count). The first-order chi connectivity index (χ1) is 16.9. The van der Waals surface area contributed by atoms with Crippen LogP contribution in [0.1, 0.15) is 42.6 Å². The molecule has 0 spiro atoms. The predicted octanol–water partition coefficient (Wildman–Crippen LogP) is 4.78. The second-order valence-corrected chi connectivity index (χ2v) is 11.8. The summed E-state index contributed by atoms with van der Waals surface area (Å²) < 4.78 is 84.3. The van der Waals surface area contributed by atoms with E-state index in [1.54, 1.807) is 4.90 Å². The van der Waals surface area contributed by atoms with E-state index in [9.17, 15) is 30.8 Å². The Morgan fingerprint density at radius 3 is 2.28 bits per heavy atom. The summed E-state index contributed by atoms with van der Waals surface area (Å²) in [6, 6.07) is 6.74. The van der Waals surface area contributed by atoms with Crippen LogP contribution in [0.4, 0.5) is 23.2 Å². The molecule has 2 aliphatic rings. The van der Waals surface area contributed by atoms with E-state index in [1.165, 1.54) is 23.1 Å². The Morgan fingerprint density at radius 2 is 1.72 bits per heavy atom. The quantitative estimate of drug-likeness (QED) is 0.484. The highest BCUT2D eigenvalue weighted by atomic mass is 32.2. The van der Waals surface area contributed by atoms with Gasteiger partial charge in [0.1, 0.15) is 11.6 Å². The molecule has 1 aliphatic heterocycles. The van der Waals surface area contributed by atoms with Crippen LogP contribution in [0.5, 0.6) is 5.75 Å². The van der Waals surface area contributed by atoms with Crippen LogP contribution in [0.2, 0.25) is 0 Å². The van der Waals surface area contributed by atoms with Crippen LogP contribution in [0.25, 0.3) is 0 Å². The summed E-state index contributed by atoms with van der Waals surface area (Å²) in [4.78, 5) is 16.6. The Hall–Kier alpha value is -2.82. The van der Waals surface area contributed by atoms with Crippen molar-refractivity contribution in [2.45, 2.75) is 43.0 Å². The third-order valence-electron chi connectivity index (χ3n) is 6.23. The van der Waals surface area contributed by atoms with Gasteiger partial charge in [0, 0.05) is 26.2 Å². The van der Waals surface area contributed by atoms with Crippen molar-refractivity contribution in [2.75, 3.05) is 37.7 Å². The number of benzene rings is 2. The molecule has 196 valence electrons. The summed E-state index contributed by atoms with van der Waals surface area (Å²) >= 11 is 0. The van der Waals surface area contributed by atoms with Crippen molar-refractivity contribution in [3.8, 4) is 5.75 Å². The average Bonchev–Trinajstić information content (AvgIpc) is 3.68. The van der Waals surface area contributed by atoms with Crippen LogP contribution in [0.15, 0.2) is 41.3 Å². The fourth-order valence-electron chi connectivity index (χ4n) is 4.07. The summed E-state index contributed by atoms with van der Waals surface area (Å²) in [6.45, 7) is 5.02. The van der Waals surface area contributed by atoms with Crippen molar-refractivity contribution in [3.63, 3.8) is 0 Å². The molecular weight excluding hydrogens is 500 g/mol. The van der Waals surface area contributed by atoms with E-state index in [0.717, 1.165) is 12.1 Å². The molecule has 2 aromatic rings. The van der Waals surface area contributed by atoms with Crippen LogP contribution in [0, 0.1) is 11.7 Å². The first-order valence-corrected chi connectivity index (χ1v) is 13.3. The number of hydrogen-bond donors (Lipinski definition) is 0. The number of halogens is 4. The zero-order chi connectivity index (χ0) is 26.3. The van der Waals surface area contributed by atoms with Gasteiger partial charge in [-0.3, -0.25) is 4.79 Å². The lowest BCUT2D eigenvalue weighted by Crippen LogP contribution is -2.49. The van der Waals surface area contributed by atoms with Crippen LogP contribution in [-0.4, -0.2) is 57.3 Å². The fraction of sp³-hybridized carbons (Fsp3) is 0.480. The smallest absolute Gasteiger partial charge is 0.416 e. The Kier molecular flexibility index (Phi) is 7.23. The summed E-state index contributed by atoms with van der Waals surface area (Å²) in [7, 11) is -3.52. The summed E-state index contributed by atoms with van der Waals surface area (Å²) in [5.41, 5.74) is -0.882. The molecule has 1 saturated carbocycles. The minimum absolute atomic E-state index is 0.0357. The largest absolute Gasteiger partial charge is 0.492 e. The van der Waals surface area contributed by atoms with Crippen LogP contribution < -0.4 is 9.64 Å². The maximum absolute atomic E-state index is 14.4. The monoisotopic (exact) mass is 528 g/mol. The number of rotatable bonds is 7. The maximum Gasteiger partial charge on any atom is 0.416 e. The molecule has 1 heterocycles. The first kappa shape index (κ1) is 26.2. The predicted molar refractivity (Wildman–Crippen MR) is 127 cm³/mol. The number of anilines is 1. The molecule has 1 saturated heterocycles. The van der Waals surface area contributed by atoms with E-state index in [1.807, 2.05) is 13.8 Å². The van der Waals surface area contributed by atoms with Crippen molar-refractivity contribution in [1.29, 1.82) is 0 Å². The lowest BCUT2D eigenvalue weighted by molar-refractivity contribution is -0.137. The van der Waals surface area contributed by atoms with E-state index in [2.05, 4.69) is 0 Å². The van der Waals surface area contributed by atoms with Gasteiger partial charge in [-0.05, 0) is 55.2 Å². The Labute approximate surface area is 207 Å². The molecule has 0 radical (unpaired) electrons. The highest BCUT2D eigenvalue weighted by molar-refractivity contribution is 7.92. The maximum atomic E-state index is 14.4. The number of ether oxygens (including phenoxy) is 1. The van der Waals surface area contributed by atoms with Crippen molar-refractivity contribution < 1.29 is 35.5 Å². The zero-order valence-electron chi connectivity index (χ0n) is 20.0. The van der Waals surface area contributed by atoms with Gasteiger partial charge >= 0.3 is 6.18 Å². The number of nitrogens with zero attached hydrogens (tertiary/aromatic N) is 2. The molecule has 0 N–H and O–H groups in total. The van der Waals surface area contributed by atoms with Crippen molar-refractivity contribution >= 4 is 21.4 Å². The Bertz CT molecular complexity index is 1240. The number of sulfone groups is 1. The Balaban J connectivity index is 1.52. The van der Waals surface area contributed by atoms with E-state index >= 15 is 0 Å². The van der Waals surface area contributed by atoms with Gasteiger partial charge in [0.25, 0.3) is 5.91 Å². The fourth-order valence-corrected chi connectivity index (χ4v) is 5.75. The van der Waals surface area contributed by atoms with E-state index in [0.29, 0.717) is 31.3 Å². The molecular formula is C25H28F4N2O4S. The van der Waals surface area contributed by atoms with Gasteiger partial charge in [-0.1, -0.05) is 13.8 Å². The number of amides is 1. The topological polar surface area (TPSA) is 66.9 Å². The van der Waals surface area contributed by atoms with E-state index < -0.39 is 38.6 Å². The van der Waals surface area contributed by atoms with Crippen LogP contribution in [0.3, 0.4) is 0 Å². The number of piperazine rings is 1. The summed E-state index contributed by atoms with van der Waals surface area (Å²) in [5.74, 6) is -0.911. The molecule has 2 fully saturated rings. The molecule has 0 atom stereocenters. The van der Waals surface area contributed by atoms with Gasteiger partial charge in [-0.2, -0.15) is 13.2 Å². The van der Waals surface area contributed by atoms with Gasteiger partial charge < -0.3 is 14.5 Å². The van der Waals surface area contributed by atoms with Crippen molar-refractivity contribution in [3.05, 3.63) is 53.3 Å². The second-order valence-electron chi connectivity index (χ2n) is 9.55. The number of hydrogen-bond acceptors (Lipinski definition) is 5. The molecule has 0 aromatic heterocycles. The average molecular weight is 529 g/mol. The molecule has 0 unspecified atom stereocenters. The Morgan fingerprint density at radius 1 is 1.06 bits per heavy atom. The lowest BCUT2D eigenvalue weighted by Gasteiger charge is -2.36. The van der Waals surface area contributed by atoms with Gasteiger partial charge in [0.05, 0.1) is 33.6 Å². The summed E-state index contributed by atoms with van der Waals surface area (Å²) in [6.07, 6.45) is -3.44. The van der Waals surface area contributed by atoms with Crippen molar-refractivity contribution in [1.82, 2.24) is 4.90 Å². The van der Waals surface area contributed by atoms with Gasteiger partial charge in [0.15, 0.2) is 9.84 Å². The second kappa shape index (κ2) is 9.91. The minimum Gasteiger partial charge on any atom is -0.492 e. The SMILES string of the molecule is CC(C)COc1ccc(S(=O)(=O)C2CC2)cc1C(=O)N1CCN(c2ccc(C(F)(F)F)cc2F)CC1. The van der Waals surface area contributed by atoms with E-state index in [-0.39, 0.29) is 48.2 Å². The van der Waals surface area contributed by atoms with Gasteiger partial charge in [0.2, 0.25) is 0 Å². The molecule has 36 heavy (non-hydrogen) atoms. The van der Waals surface area contributed by atoms with E-state index in [4.69, 9.17) is 4.74 Å². The molecule has 11 heteroatoms. The molecule has 2 aromatic carbocycles. The normalized spacial score (nSPS) is 17.0. The minimum atomic E-state index is -4.64. The summed E-state index contributed by atoms with van der Waals surface area (Å²) in [5, 5.41) is -0.426. The lowest BCUT2D eigenvalue weighted by atomic mass is 10.1. The molecule has 1 aliphatic carbocycles. The molecule has 1 amide bonds. The molecule has 6 nitrogen and oxygen atoms in total. The van der Waals surface area contributed by atoms with Gasteiger partial charge in [-0.15, -0.1) is 0 Å². The number of alkyl halides is 3. The van der Waals surface area contributed by atoms with Crippen LogP contribution >= 0.6 is 0 Å².